The SMILES string of the molecule is CCCCCCCCOc1ccc(-c2ccccc2C(=O)OCCCOCCCCCCC)cc1. The van der Waals surface area contributed by atoms with Gasteiger partial charge < -0.3 is 14.2 Å². The minimum atomic E-state index is -0.288. The Hall–Kier alpha value is -2.33. The summed E-state index contributed by atoms with van der Waals surface area (Å²) in [5, 5.41) is 0. The molecule has 0 saturated heterocycles. The molecule has 0 unspecified atom stereocenters. The highest BCUT2D eigenvalue weighted by Gasteiger charge is 2.13. The Bertz CT molecular complexity index is 800. The summed E-state index contributed by atoms with van der Waals surface area (Å²) >= 11 is 0. The molecule has 0 radical (unpaired) electrons. The van der Waals surface area contributed by atoms with Crippen molar-refractivity contribution in [2.45, 2.75) is 90.9 Å². The molecule has 0 aliphatic heterocycles. The van der Waals surface area contributed by atoms with E-state index in [1.54, 1.807) is 0 Å². The average Bonchev–Trinajstić information content (AvgIpc) is 2.89. The van der Waals surface area contributed by atoms with Gasteiger partial charge in [0.15, 0.2) is 0 Å². The van der Waals surface area contributed by atoms with E-state index in [2.05, 4.69) is 13.8 Å². The van der Waals surface area contributed by atoms with Crippen molar-refractivity contribution in [1.29, 1.82) is 0 Å². The molecule has 0 amide bonds. The Morgan fingerprint density at radius 3 is 1.94 bits per heavy atom. The van der Waals surface area contributed by atoms with Gasteiger partial charge in [-0.25, -0.2) is 4.79 Å². The van der Waals surface area contributed by atoms with E-state index in [4.69, 9.17) is 14.2 Å². The maximum atomic E-state index is 12.7. The molecule has 0 heterocycles. The van der Waals surface area contributed by atoms with Gasteiger partial charge in [-0.3, -0.25) is 0 Å². The van der Waals surface area contributed by atoms with Crippen LogP contribution in [-0.2, 0) is 9.47 Å². The summed E-state index contributed by atoms with van der Waals surface area (Å²) in [6, 6.07) is 15.6. The maximum Gasteiger partial charge on any atom is 0.338 e. The van der Waals surface area contributed by atoms with Gasteiger partial charge in [-0.05, 0) is 42.2 Å². The fourth-order valence-corrected chi connectivity index (χ4v) is 4.03. The maximum absolute atomic E-state index is 12.7. The van der Waals surface area contributed by atoms with Gasteiger partial charge in [-0.2, -0.15) is 0 Å². The molecule has 2 aromatic rings. The predicted molar refractivity (Wildman–Crippen MR) is 145 cm³/mol. The van der Waals surface area contributed by atoms with Crippen molar-refractivity contribution < 1.29 is 19.0 Å². The monoisotopic (exact) mass is 482 g/mol. The molecule has 0 spiro atoms. The van der Waals surface area contributed by atoms with Crippen LogP contribution in [0, 0.1) is 0 Å². The van der Waals surface area contributed by atoms with Crippen LogP contribution in [0.15, 0.2) is 48.5 Å². The number of benzene rings is 2. The lowest BCUT2D eigenvalue weighted by atomic mass is 10.00. The van der Waals surface area contributed by atoms with E-state index >= 15 is 0 Å². The van der Waals surface area contributed by atoms with Crippen LogP contribution >= 0.6 is 0 Å². The van der Waals surface area contributed by atoms with Crippen LogP contribution in [0.5, 0.6) is 5.75 Å². The predicted octanol–water partition coefficient (Wildman–Crippen LogP) is 8.63. The van der Waals surface area contributed by atoms with Crippen LogP contribution in [0.1, 0.15) is 101 Å². The fourth-order valence-electron chi connectivity index (χ4n) is 4.03. The molecule has 4 nitrogen and oxygen atoms in total. The second kappa shape index (κ2) is 18.9. The summed E-state index contributed by atoms with van der Waals surface area (Å²) < 4.78 is 17.1. The number of ether oxygens (including phenoxy) is 3. The molecule has 2 rings (SSSR count). The zero-order chi connectivity index (χ0) is 25.0. The Morgan fingerprint density at radius 1 is 0.629 bits per heavy atom. The number of rotatable bonds is 20. The Kier molecular flexibility index (Phi) is 15.6. The lowest BCUT2D eigenvalue weighted by Gasteiger charge is -2.11. The largest absolute Gasteiger partial charge is 0.494 e. The lowest BCUT2D eigenvalue weighted by molar-refractivity contribution is 0.0444. The Labute approximate surface area is 213 Å². The smallest absolute Gasteiger partial charge is 0.338 e. The third kappa shape index (κ3) is 12.3. The van der Waals surface area contributed by atoms with E-state index in [1.165, 1.54) is 57.8 Å². The first-order chi connectivity index (χ1) is 17.3. The van der Waals surface area contributed by atoms with Gasteiger partial charge in [0.1, 0.15) is 5.75 Å². The number of unbranched alkanes of at least 4 members (excludes halogenated alkanes) is 9. The zero-order valence-electron chi connectivity index (χ0n) is 22.1. The first kappa shape index (κ1) is 28.9. The first-order valence-corrected chi connectivity index (χ1v) is 13.8. The molecule has 0 atom stereocenters. The third-order valence-electron chi connectivity index (χ3n) is 6.14. The second-order valence-corrected chi connectivity index (χ2v) is 9.20. The van der Waals surface area contributed by atoms with Crippen molar-refractivity contribution in [3.05, 3.63) is 54.1 Å². The Morgan fingerprint density at radius 2 is 1.23 bits per heavy atom. The summed E-state index contributed by atoms with van der Waals surface area (Å²) in [5.41, 5.74) is 2.45. The van der Waals surface area contributed by atoms with Crippen molar-refractivity contribution in [2.24, 2.45) is 0 Å². The highest BCUT2D eigenvalue weighted by atomic mass is 16.5. The van der Waals surface area contributed by atoms with Crippen molar-refractivity contribution in [3.63, 3.8) is 0 Å². The van der Waals surface area contributed by atoms with Crippen LogP contribution in [0.2, 0.25) is 0 Å². The molecule has 0 N–H and O–H groups in total. The highest BCUT2D eigenvalue weighted by molar-refractivity contribution is 5.97. The molecule has 0 aliphatic rings. The molecule has 2 aromatic carbocycles. The summed E-state index contributed by atoms with van der Waals surface area (Å²) in [6.45, 7) is 6.99. The molecule has 0 fully saturated rings. The molecule has 4 heteroatoms. The third-order valence-corrected chi connectivity index (χ3v) is 6.14. The van der Waals surface area contributed by atoms with Gasteiger partial charge in [0, 0.05) is 19.6 Å². The van der Waals surface area contributed by atoms with Gasteiger partial charge in [-0.15, -0.1) is 0 Å². The van der Waals surface area contributed by atoms with E-state index in [1.807, 2.05) is 48.5 Å². The van der Waals surface area contributed by atoms with Crippen LogP contribution in [-0.4, -0.2) is 32.4 Å². The minimum absolute atomic E-state index is 0.288. The average molecular weight is 483 g/mol. The molecule has 0 saturated carbocycles. The quantitative estimate of drug-likeness (QED) is 0.140. The molecule has 194 valence electrons. The minimum Gasteiger partial charge on any atom is -0.494 e. The van der Waals surface area contributed by atoms with Crippen molar-refractivity contribution >= 4 is 5.97 Å². The summed E-state index contributed by atoms with van der Waals surface area (Å²) in [4.78, 5) is 12.7. The fraction of sp³-hybridized carbons (Fsp3) is 0.581. The second-order valence-electron chi connectivity index (χ2n) is 9.20. The topological polar surface area (TPSA) is 44.8 Å². The van der Waals surface area contributed by atoms with E-state index in [9.17, 15) is 4.79 Å². The number of hydrogen-bond acceptors (Lipinski definition) is 4. The number of esters is 1. The number of hydrogen-bond donors (Lipinski definition) is 0. The van der Waals surface area contributed by atoms with Crippen LogP contribution in [0.25, 0.3) is 11.1 Å². The van der Waals surface area contributed by atoms with Crippen LogP contribution in [0.3, 0.4) is 0 Å². The summed E-state index contributed by atoms with van der Waals surface area (Å²) in [5.74, 6) is 0.580. The first-order valence-electron chi connectivity index (χ1n) is 13.8. The molecule has 0 aromatic heterocycles. The molecular formula is C31H46O4. The molecule has 35 heavy (non-hydrogen) atoms. The van der Waals surface area contributed by atoms with Crippen molar-refractivity contribution in [2.75, 3.05) is 26.4 Å². The molecular weight excluding hydrogens is 436 g/mol. The van der Waals surface area contributed by atoms with Gasteiger partial charge >= 0.3 is 5.97 Å². The van der Waals surface area contributed by atoms with E-state index in [-0.39, 0.29) is 5.97 Å². The van der Waals surface area contributed by atoms with Gasteiger partial charge in [-0.1, -0.05) is 102 Å². The van der Waals surface area contributed by atoms with E-state index < -0.39 is 0 Å². The van der Waals surface area contributed by atoms with Crippen molar-refractivity contribution in [3.8, 4) is 16.9 Å². The summed E-state index contributed by atoms with van der Waals surface area (Å²) in [7, 11) is 0. The molecule has 0 bridgehead atoms. The Balaban J connectivity index is 1.72. The summed E-state index contributed by atoms with van der Waals surface area (Å²) in [6.07, 6.45) is 14.4. The van der Waals surface area contributed by atoms with Crippen LogP contribution < -0.4 is 4.74 Å². The lowest BCUT2D eigenvalue weighted by Crippen LogP contribution is -2.10. The number of carbonyl (C=O) groups is 1. The standard InChI is InChI=1S/C31H46O4/c1-3-5-7-9-11-15-25-34-28-21-19-27(20-22-28)29-17-12-13-18-30(29)31(32)35-26-16-24-33-23-14-10-8-6-4-2/h12-13,17-22H,3-11,14-16,23-26H2,1-2H3. The van der Waals surface area contributed by atoms with E-state index in [0.717, 1.165) is 42.9 Å². The highest BCUT2D eigenvalue weighted by Crippen LogP contribution is 2.26. The van der Waals surface area contributed by atoms with Gasteiger partial charge in [0.05, 0.1) is 18.8 Å². The number of carbonyl (C=O) groups excluding carboxylic acids is 1. The molecule has 0 aliphatic carbocycles. The van der Waals surface area contributed by atoms with Crippen LogP contribution in [0.4, 0.5) is 0 Å². The van der Waals surface area contributed by atoms with E-state index in [0.29, 0.717) is 25.2 Å². The normalized spacial score (nSPS) is 10.9. The van der Waals surface area contributed by atoms with Crippen molar-refractivity contribution in [1.82, 2.24) is 0 Å². The van der Waals surface area contributed by atoms with Gasteiger partial charge in [0.2, 0.25) is 0 Å². The zero-order valence-corrected chi connectivity index (χ0v) is 22.1. The van der Waals surface area contributed by atoms with Gasteiger partial charge in [0.25, 0.3) is 0 Å².